The van der Waals surface area contributed by atoms with Crippen LogP contribution in [0.25, 0.3) is 0 Å². The van der Waals surface area contributed by atoms with Crippen molar-refractivity contribution in [3.05, 3.63) is 0 Å². The summed E-state index contributed by atoms with van der Waals surface area (Å²) in [5, 5.41) is 3.70. The van der Waals surface area contributed by atoms with Crippen LogP contribution in [0.5, 0.6) is 0 Å². The summed E-state index contributed by atoms with van der Waals surface area (Å²) in [5.41, 5.74) is 0. The Hall–Kier alpha value is -0.610. The van der Waals surface area contributed by atoms with Gasteiger partial charge in [0.2, 0.25) is 0 Å². The number of hydrogen-bond donors (Lipinski definition) is 1. The van der Waals surface area contributed by atoms with Crippen molar-refractivity contribution in [3.8, 4) is 0 Å². The third-order valence-corrected chi connectivity index (χ3v) is 4.37. The molecular formula is C15H28N2O2. The Labute approximate surface area is 116 Å². The highest BCUT2D eigenvalue weighted by Gasteiger charge is 2.31. The van der Waals surface area contributed by atoms with Crippen LogP contribution in [-0.2, 0) is 9.53 Å². The number of nitrogens with one attached hydrogen (secondary N) is 1. The van der Waals surface area contributed by atoms with Crippen LogP contribution in [-0.4, -0.2) is 49.7 Å². The van der Waals surface area contributed by atoms with Gasteiger partial charge in [-0.05, 0) is 51.5 Å². The van der Waals surface area contributed by atoms with E-state index in [9.17, 15) is 4.79 Å². The SMILES string of the molecule is COC(=O)CC1CC(NCC2CC2)CN(C(C)C)C1. The number of piperidine rings is 1. The molecule has 0 spiro atoms. The zero-order valence-corrected chi connectivity index (χ0v) is 12.5. The Morgan fingerprint density at radius 3 is 2.63 bits per heavy atom. The van der Waals surface area contributed by atoms with Gasteiger partial charge in [-0.3, -0.25) is 9.69 Å². The van der Waals surface area contributed by atoms with Gasteiger partial charge in [0.15, 0.2) is 0 Å². The van der Waals surface area contributed by atoms with E-state index in [-0.39, 0.29) is 5.97 Å². The van der Waals surface area contributed by atoms with E-state index < -0.39 is 0 Å². The molecule has 0 aromatic rings. The molecule has 2 atom stereocenters. The zero-order valence-electron chi connectivity index (χ0n) is 12.5. The van der Waals surface area contributed by atoms with Crippen LogP contribution in [0.4, 0.5) is 0 Å². The highest BCUT2D eigenvalue weighted by molar-refractivity contribution is 5.69. The molecule has 1 aliphatic heterocycles. The van der Waals surface area contributed by atoms with Gasteiger partial charge in [-0.1, -0.05) is 0 Å². The lowest BCUT2D eigenvalue weighted by Crippen LogP contribution is -2.52. The topological polar surface area (TPSA) is 41.6 Å². The first-order chi connectivity index (χ1) is 9.08. The lowest BCUT2D eigenvalue weighted by Gasteiger charge is -2.40. The molecule has 110 valence electrons. The Kier molecular flexibility index (Phi) is 5.22. The Morgan fingerprint density at radius 2 is 2.05 bits per heavy atom. The molecule has 2 rings (SSSR count). The molecule has 0 bridgehead atoms. The van der Waals surface area contributed by atoms with Crippen molar-refractivity contribution in [2.75, 3.05) is 26.7 Å². The average molecular weight is 268 g/mol. The maximum absolute atomic E-state index is 11.5. The maximum atomic E-state index is 11.5. The molecule has 4 heteroatoms. The van der Waals surface area contributed by atoms with Gasteiger partial charge in [0.25, 0.3) is 0 Å². The summed E-state index contributed by atoms with van der Waals surface area (Å²) in [6.07, 6.45) is 4.44. The number of methoxy groups -OCH3 is 1. The Balaban J connectivity index is 1.85. The molecule has 2 fully saturated rings. The van der Waals surface area contributed by atoms with Crippen LogP contribution >= 0.6 is 0 Å². The number of nitrogens with zero attached hydrogens (tertiary/aromatic N) is 1. The minimum Gasteiger partial charge on any atom is -0.469 e. The molecule has 0 aromatic heterocycles. The van der Waals surface area contributed by atoms with Gasteiger partial charge in [0.05, 0.1) is 7.11 Å². The summed E-state index contributed by atoms with van der Waals surface area (Å²) in [4.78, 5) is 14.0. The number of carbonyl (C=O) groups is 1. The van der Waals surface area contributed by atoms with Gasteiger partial charge in [-0.15, -0.1) is 0 Å². The monoisotopic (exact) mass is 268 g/mol. The highest BCUT2D eigenvalue weighted by Crippen LogP contribution is 2.29. The smallest absolute Gasteiger partial charge is 0.305 e. The third-order valence-electron chi connectivity index (χ3n) is 4.37. The van der Waals surface area contributed by atoms with Crippen molar-refractivity contribution in [1.82, 2.24) is 10.2 Å². The normalized spacial score (nSPS) is 28.6. The van der Waals surface area contributed by atoms with E-state index in [1.165, 1.54) is 20.0 Å². The Morgan fingerprint density at radius 1 is 1.32 bits per heavy atom. The predicted octanol–water partition coefficient (Wildman–Crippen LogP) is 1.65. The van der Waals surface area contributed by atoms with Crippen LogP contribution in [0.3, 0.4) is 0 Å². The van der Waals surface area contributed by atoms with Crippen LogP contribution in [0.2, 0.25) is 0 Å². The van der Waals surface area contributed by atoms with Gasteiger partial charge in [-0.2, -0.15) is 0 Å². The molecule has 2 unspecified atom stereocenters. The van der Waals surface area contributed by atoms with Crippen LogP contribution < -0.4 is 5.32 Å². The van der Waals surface area contributed by atoms with Crippen molar-refractivity contribution >= 4 is 5.97 Å². The van der Waals surface area contributed by atoms with Crippen LogP contribution in [0, 0.1) is 11.8 Å². The molecule has 1 aliphatic carbocycles. The van der Waals surface area contributed by atoms with E-state index in [4.69, 9.17) is 4.74 Å². The first-order valence-corrected chi connectivity index (χ1v) is 7.62. The van der Waals surface area contributed by atoms with E-state index in [1.54, 1.807) is 0 Å². The first kappa shape index (κ1) is 14.8. The largest absolute Gasteiger partial charge is 0.469 e. The predicted molar refractivity (Wildman–Crippen MR) is 76.0 cm³/mol. The lowest BCUT2D eigenvalue weighted by atomic mass is 9.90. The molecule has 2 aliphatic rings. The second kappa shape index (κ2) is 6.71. The van der Waals surface area contributed by atoms with Crippen molar-refractivity contribution < 1.29 is 9.53 Å². The van der Waals surface area contributed by atoms with Crippen molar-refractivity contribution in [2.45, 2.75) is 51.6 Å². The molecule has 0 radical (unpaired) electrons. The van der Waals surface area contributed by atoms with Gasteiger partial charge >= 0.3 is 5.97 Å². The second-order valence-electron chi connectivity index (χ2n) is 6.48. The molecule has 1 saturated carbocycles. The number of esters is 1. The summed E-state index contributed by atoms with van der Waals surface area (Å²) in [6.45, 7) is 7.76. The summed E-state index contributed by atoms with van der Waals surface area (Å²) < 4.78 is 4.81. The fourth-order valence-corrected chi connectivity index (χ4v) is 2.93. The first-order valence-electron chi connectivity index (χ1n) is 7.62. The summed E-state index contributed by atoms with van der Waals surface area (Å²) in [6, 6.07) is 1.08. The van der Waals surface area contributed by atoms with E-state index >= 15 is 0 Å². The van der Waals surface area contributed by atoms with Crippen molar-refractivity contribution in [3.63, 3.8) is 0 Å². The minimum absolute atomic E-state index is 0.0726. The zero-order chi connectivity index (χ0) is 13.8. The Bertz CT molecular complexity index is 303. The lowest BCUT2D eigenvalue weighted by molar-refractivity contribution is -0.142. The minimum atomic E-state index is -0.0726. The second-order valence-corrected chi connectivity index (χ2v) is 6.48. The van der Waals surface area contributed by atoms with E-state index in [0.29, 0.717) is 24.4 Å². The molecule has 1 saturated heterocycles. The van der Waals surface area contributed by atoms with Crippen molar-refractivity contribution in [1.29, 1.82) is 0 Å². The van der Waals surface area contributed by atoms with Crippen LogP contribution in [0.1, 0.15) is 39.5 Å². The summed E-state index contributed by atoms with van der Waals surface area (Å²) >= 11 is 0. The summed E-state index contributed by atoms with van der Waals surface area (Å²) in [5.74, 6) is 1.27. The van der Waals surface area contributed by atoms with Gasteiger partial charge in [-0.25, -0.2) is 0 Å². The third kappa shape index (κ3) is 4.77. The number of hydrogen-bond acceptors (Lipinski definition) is 4. The number of carbonyl (C=O) groups excluding carboxylic acids is 1. The van der Waals surface area contributed by atoms with E-state index in [0.717, 1.165) is 32.0 Å². The number of rotatable bonds is 6. The number of ether oxygens (including phenoxy) is 1. The fraction of sp³-hybridized carbons (Fsp3) is 0.933. The summed E-state index contributed by atoms with van der Waals surface area (Å²) in [7, 11) is 1.48. The molecule has 1 N–H and O–H groups in total. The molecule has 19 heavy (non-hydrogen) atoms. The van der Waals surface area contributed by atoms with E-state index in [2.05, 4.69) is 24.1 Å². The number of likely N-dealkylation sites (tertiary alicyclic amines) is 1. The van der Waals surface area contributed by atoms with Gasteiger partial charge in [0.1, 0.15) is 0 Å². The molecule has 0 amide bonds. The van der Waals surface area contributed by atoms with E-state index in [1.807, 2.05) is 0 Å². The average Bonchev–Trinajstić information content (AvgIpc) is 3.20. The molecule has 4 nitrogen and oxygen atoms in total. The molecule has 0 aromatic carbocycles. The molecular weight excluding hydrogens is 240 g/mol. The van der Waals surface area contributed by atoms with Crippen molar-refractivity contribution in [2.24, 2.45) is 11.8 Å². The quantitative estimate of drug-likeness (QED) is 0.744. The fourth-order valence-electron chi connectivity index (χ4n) is 2.93. The maximum Gasteiger partial charge on any atom is 0.305 e. The van der Waals surface area contributed by atoms with Gasteiger partial charge < -0.3 is 10.1 Å². The highest BCUT2D eigenvalue weighted by atomic mass is 16.5. The molecule has 1 heterocycles. The van der Waals surface area contributed by atoms with Gasteiger partial charge in [0, 0.05) is 31.6 Å². The van der Waals surface area contributed by atoms with Crippen LogP contribution in [0.15, 0.2) is 0 Å². The standard InChI is InChI=1S/C15H28N2O2/c1-11(2)17-9-13(7-15(18)19-3)6-14(10-17)16-8-12-4-5-12/h11-14,16H,4-10H2,1-3H3.